The molecule has 0 aromatic heterocycles. The van der Waals surface area contributed by atoms with Crippen LogP contribution in [-0.4, -0.2) is 23.2 Å². The first kappa shape index (κ1) is 14.2. The number of nitrogens with zero attached hydrogens (tertiary/aromatic N) is 1. The van der Waals surface area contributed by atoms with Gasteiger partial charge in [0.2, 0.25) is 0 Å². The van der Waals surface area contributed by atoms with E-state index >= 15 is 0 Å². The first-order valence-electron chi connectivity index (χ1n) is 7.44. The molecule has 0 aliphatic carbocycles. The summed E-state index contributed by atoms with van der Waals surface area (Å²) in [7, 11) is -1.39. The van der Waals surface area contributed by atoms with Crippen molar-refractivity contribution in [1.29, 1.82) is 0 Å². The normalized spacial score (nSPS) is 17.5. The van der Waals surface area contributed by atoms with Crippen LogP contribution in [0.15, 0.2) is 48.5 Å². The van der Waals surface area contributed by atoms with Crippen LogP contribution < -0.4 is 10.4 Å². The van der Waals surface area contributed by atoms with Gasteiger partial charge in [-0.3, -0.25) is 0 Å². The second kappa shape index (κ2) is 5.92. The first-order chi connectivity index (χ1) is 10.1. The van der Waals surface area contributed by atoms with E-state index in [2.05, 4.69) is 36.1 Å². The standard InChI is InChI=1S/C17H20BNO2/c1-13-6-9-15-4-2-3-5-17(15)19(13)12-14-7-10-16(11-8-14)18(20)21/h2-5,7-8,10-11,13,20-21H,6,9,12H2,1H3. The van der Waals surface area contributed by atoms with Crippen LogP contribution in [0.25, 0.3) is 0 Å². The first-order valence-corrected chi connectivity index (χ1v) is 7.44. The van der Waals surface area contributed by atoms with Crippen molar-refractivity contribution in [2.24, 2.45) is 0 Å². The number of rotatable bonds is 3. The Kier molecular flexibility index (Phi) is 4.00. The van der Waals surface area contributed by atoms with Gasteiger partial charge in [-0.05, 0) is 42.4 Å². The molecular formula is C17H20BNO2. The fourth-order valence-corrected chi connectivity index (χ4v) is 2.99. The Labute approximate surface area is 126 Å². The molecule has 1 aliphatic rings. The fourth-order valence-electron chi connectivity index (χ4n) is 2.99. The second-order valence-electron chi connectivity index (χ2n) is 5.76. The Balaban J connectivity index is 1.83. The number of benzene rings is 2. The summed E-state index contributed by atoms with van der Waals surface area (Å²) >= 11 is 0. The van der Waals surface area contributed by atoms with E-state index in [1.165, 1.54) is 23.2 Å². The highest BCUT2D eigenvalue weighted by atomic mass is 16.4. The molecule has 3 nitrogen and oxygen atoms in total. The van der Waals surface area contributed by atoms with Crippen LogP contribution in [0.5, 0.6) is 0 Å². The van der Waals surface area contributed by atoms with Crippen molar-refractivity contribution in [3.63, 3.8) is 0 Å². The number of fused-ring (bicyclic) bond motifs is 1. The smallest absolute Gasteiger partial charge is 0.423 e. The summed E-state index contributed by atoms with van der Waals surface area (Å²) in [4.78, 5) is 2.43. The number of para-hydroxylation sites is 1. The zero-order valence-corrected chi connectivity index (χ0v) is 12.2. The van der Waals surface area contributed by atoms with Crippen LogP contribution >= 0.6 is 0 Å². The SMILES string of the molecule is CC1CCc2ccccc2N1Cc1ccc(B(O)O)cc1. The van der Waals surface area contributed by atoms with Crippen molar-refractivity contribution in [3.05, 3.63) is 59.7 Å². The third kappa shape index (κ3) is 2.97. The molecule has 2 aromatic carbocycles. The fraction of sp³-hybridized carbons (Fsp3) is 0.294. The Hall–Kier alpha value is -1.78. The van der Waals surface area contributed by atoms with Crippen LogP contribution in [0.4, 0.5) is 5.69 Å². The largest absolute Gasteiger partial charge is 0.488 e. The molecule has 4 heteroatoms. The predicted molar refractivity (Wildman–Crippen MR) is 86.7 cm³/mol. The summed E-state index contributed by atoms with van der Waals surface area (Å²) < 4.78 is 0. The number of anilines is 1. The maximum Gasteiger partial charge on any atom is 0.488 e. The topological polar surface area (TPSA) is 43.7 Å². The van der Waals surface area contributed by atoms with E-state index < -0.39 is 7.12 Å². The minimum absolute atomic E-state index is 0.517. The molecule has 0 radical (unpaired) electrons. The summed E-state index contributed by atoms with van der Waals surface area (Å²) in [5.41, 5.74) is 4.45. The van der Waals surface area contributed by atoms with Crippen LogP contribution in [-0.2, 0) is 13.0 Å². The highest BCUT2D eigenvalue weighted by Gasteiger charge is 2.22. The van der Waals surface area contributed by atoms with Crippen molar-refractivity contribution in [2.45, 2.75) is 32.4 Å². The average molecular weight is 281 g/mol. The van der Waals surface area contributed by atoms with E-state index in [4.69, 9.17) is 10.0 Å². The van der Waals surface area contributed by atoms with Crippen LogP contribution in [0.2, 0.25) is 0 Å². The molecule has 2 N–H and O–H groups in total. The molecule has 0 amide bonds. The van der Waals surface area contributed by atoms with Crippen molar-refractivity contribution < 1.29 is 10.0 Å². The lowest BCUT2D eigenvalue weighted by molar-refractivity contribution is 0.426. The molecule has 0 saturated carbocycles. The van der Waals surface area contributed by atoms with Gasteiger partial charge in [-0.25, -0.2) is 0 Å². The van der Waals surface area contributed by atoms with E-state index in [0.29, 0.717) is 11.5 Å². The zero-order valence-electron chi connectivity index (χ0n) is 12.2. The average Bonchev–Trinajstić information content (AvgIpc) is 2.51. The number of hydrogen-bond acceptors (Lipinski definition) is 3. The molecule has 3 rings (SSSR count). The molecule has 1 unspecified atom stereocenters. The van der Waals surface area contributed by atoms with Gasteiger partial charge in [-0.2, -0.15) is 0 Å². The lowest BCUT2D eigenvalue weighted by Gasteiger charge is -2.37. The van der Waals surface area contributed by atoms with E-state index in [-0.39, 0.29) is 0 Å². The lowest BCUT2D eigenvalue weighted by Crippen LogP contribution is -2.37. The summed E-state index contributed by atoms with van der Waals surface area (Å²) in [5.74, 6) is 0. The van der Waals surface area contributed by atoms with Crippen molar-refractivity contribution in [3.8, 4) is 0 Å². The van der Waals surface area contributed by atoms with Gasteiger partial charge in [0.15, 0.2) is 0 Å². The lowest BCUT2D eigenvalue weighted by atomic mass is 9.80. The van der Waals surface area contributed by atoms with Crippen molar-refractivity contribution in [1.82, 2.24) is 0 Å². The third-order valence-electron chi connectivity index (χ3n) is 4.30. The molecule has 1 aliphatic heterocycles. The summed E-state index contributed by atoms with van der Waals surface area (Å²) in [6.45, 7) is 3.11. The maximum atomic E-state index is 9.15. The summed E-state index contributed by atoms with van der Waals surface area (Å²) in [6.07, 6.45) is 2.31. The van der Waals surface area contributed by atoms with Gasteiger partial charge in [0.25, 0.3) is 0 Å². The Morgan fingerprint density at radius 3 is 2.52 bits per heavy atom. The molecule has 1 atom stereocenters. The summed E-state index contributed by atoms with van der Waals surface area (Å²) in [6, 6.07) is 16.6. The van der Waals surface area contributed by atoms with Crippen molar-refractivity contribution in [2.75, 3.05) is 4.90 Å². The highest BCUT2D eigenvalue weighted by Crippen LogP contribution is 2.31. The minimum atomic E-state index is -1.39. The molecule has 2 aromatic rings. The predicted octanol–water partition coefficient (Wildman–Crippen LogP) is 1.71. The molecule has 0 fully saturated rings. The molecule has 1 heterocycles. The second-order valence-corrected chi connectivity index (χ2v) is 5.76. The van der Waals surface area contributed by atoms with Crippen LogP contribution in [0.3, 0.4) is 0 Å². The zero-order chi connectivity index (χ0) is 14.8. The highest BCUT2D eigenvalue weighted by molar-refractivity contribution is 6.58. The quantitative estimate of drug-likeness (QED) is 0.842. The minimum Gasteiger partial charge on any atom is -0.423 e. The molecule has 0 spiro atoms. The Bertz CT molecular complexity index is 612. The van der Waals surface area contributed by atoms with Gasteiger partial charge in [0, 0.05) is 18.3 Å². The van der Waals surface area contributed by atoms with Crippen LogP contribution in [0, 0.1) is 0 Å². The van der Waals surface area contributed by atoms with Crippen molar-refractivity contribution >= 4 is 18.3 Å². The Morgan fingerprint density at radius 1 is 1.10 bits per heavy atom. The third-order valence-corrected chi connectivity index (χ3v) is 4.30. The monoisotopic (exact) mass is 281 g/mol. The van der Waals surface area contributed by atoms with Gasteiger partial charge < -0.3 is 14.9 Å². The van der Waals surface area contributed by atoms with E-state index in [1.54, 1.807) is 12.1 Å². The number of aryl methyl sites for hydroxylation is 1. The van der Waals surface area contributed by atoms with Gasteiger partial charge >= 0.3 is 7.12 Å². The molecule has 0 bridgehead atoms. The van der Waals surface area contributed by atoms with Gasteiger partial charge in [-0.15, -0.1) is 0 Å². The van der Waals surface area contributed by atoms with E-state index in [1.807, 2.05) is 12.1 Å². The number of hydrogen-bond donors (Lipinski definition) is 2. The summed E-state index contributed by atoms with van der Waals surface area (Å²) in [5, 5.41) is 18.3. The molecule has 108 valence electrons. The van der Waals surface area contributed by atoms with E-state index in [9.17, 15) is 0 Å². The van der Waals surface area contributed by atoms with Gasteiger partial charge in [-0.1, -0.05) is 42.5 Å². The van der Waals surface area contributed by atoms with Gasteiger partial charge in [0.1, 0.15) is 0 Å². The van der Waals surface area contributed by atoms with Gasteiger partial charge in [0.05, 0.1) is 0 Å². The van der Waals surface area contributed by atoms with E-state index in [0.717, 1.165) is 13.0 Å². The molecular weight excluding hydrogens is 261 g/mol. The molecule has 21 heavy (non-hydrogen) atoms. The maximum absolute atomic E-state index is 9.15. The van der Waals surface area contributed by atoms with Crippen LogP contribution in [0.1, 0.15) is 24.5 Å². The Morgan fingerprint density at radius 2 is 1.81 bits per heavy atom. The molecule has 0 saturated heterocycles.